The van der Waals surface area contributed by atoms with Gasteiger partial charge in [0.25, 0.3) is 5.91 Å². The fourth-order valence-corrected chi connectivity index (χ4v) is 2.45. The van der Waals surface area contributed by atoms with Gasteiger partial charge in [-0.05, 0) is 30.6 Å². The maximum absolute atomic E-state index is 11.7. The first-order valence-corrected chi connectivity index (χ1v) is 7.67. The Morgan fingerprint density at radius 2 is 2.33 bits per heavy atom. The second-order valence-electron chi connectivity index (χ2n) is 3.51. The average Bonchev–Trinajstić information content (AvgIpc) is 2.80. The third kappa shape index (κ3) is 5.37. The van der Waals surface area contributed by atoms with Crippen molar-refractivity contribution in [2.45, 2.75) is 6.42 Å². The number of hydrogen-bond acceptors (Lipinski definition) is 4. The fourth-order valence-electron chi connectivity index (χ4n) is 1.23. The second-order valence-corrected chi connectivity index (χ2v) is 5.44. The smallest absolute Gasteiger partial charge is 0.328 e. The van der Waals surface area contributed by atoms with Gasteiger partial charge in [0.2, 0.25) is 0 Å². The van der Waals surface area contributed by atoms with Crippen LogP contribution in [0, 0.1) is 0 Å². The maximum Gasteiger partial charge on any atom is 0.328 e. The van der Waals surface area contributed by atoms with E-state index in [9.17, 15) is 9.59 Å². The van der Waals surface area contributed by atoms with Crippen LogP contribution in [0.1, 0.15) is 21.7 Å². The van der Waals surface area contributed by atoms with Gasteiger partial charge in [-0.2, -0.15) is 11.8 Å². The van der Waals surface area contributed by atoms with E-state index in [4.69, 9.17) is 5.11 Å². The van der Waals surface area contributed by atoms with E-state index in [0.717, 1.165) is 23.1 Å². The monoisotopic (exact) mass is 285 g/mol. The van der Waals surface area contributed by atoms with Gasteiger partial charge in [-0.1, -0.05) is 0 Å². The minimum atomic E-state index is -0.994. The van der Waals surface area contributed by atoms with Crippen molar-refractivity contribution in [3.8, 4) is 0 Å². The van der Waals surface area contributed by atoms with Gasteiger partial charge < -0.3 is 10.4 Å². The van der Waals surface area contributed by atoms with E-state index in [1.165, 1.54) is 17.4 Å². The Morgan fingerprint density at radius 3 is 3.00 bits per heavy atom. The lowest BCUT2D eigenvalue weighted by Crippen LogP contribution is -2.24. The van der Waals surface area contributed by atoms with Crippen LogP contribution < -0.4 is 5.32 Å². The molecule has 98 valence electrons. The molecule has 0 aliphatic rings. The molecule has 1 amide bonds. The molecule has 0 saturated carbocycles. The zero-order valence-corrected chi connectivity index (χ0v) is 11.6. The molecule has 6 heteroatoms. The van der Waals surface area contributed by atoms with Crippen molar-refractivity contribution in [2.75, 3.05) is 18.6 Å². The van der Waals surface area contributed by atoms with Gasteiger partial charge in [0.05, 0.1) is 5.56 Å². The number of thioether (sulfide) groups is 1. The molecule has 0 fully saturated rings. The predicted molar refractivity (Wildman–Crippen MR) is 76.3 cm³/mol. The van der Waals surface area contributed by atoms with Gasteiger partial charge in [-0.15, -0.1) is 11.3 Å². The van der Waals surface area contributed by atoms with Crippen molar-refractivity contribution in [1.82, 2.24) is 5.32 Å². The van der Waals surface area contributed by atoms with Crippen LogP contribution in [-0.4, -0.2) is 35.5 Å². The standard InChI is InChI=1S/C12H15NO3S2/c1-17-6-2-5-13-12(16)9-7-10(18-8-9)3-4-11(14)15/h3-4,7-8H,2,5-6H2,1H3,(H,13,16)(H,14,15). The summed E-state index contributed by atoms with van der Waals surface area (Å²) >= 11 is 3.10. The average molecular weight is 285 g/mol. The minimum Gasteiger partial charge on any atom is -0.478 e. The molecule has 0 radical (unpaired) electrons. The van der Waals surface area contributed by atoms with Gasteiger partial charge in [0.1, 0.15) is 0 Å². The number of aliphatic carboxylic acids is 1. The molecular formula is C12H15NO3S2. The van der Waals surface area contributed by atoms with E-state index in [1.807, 2.05) is 6.26 Å². The number of carboxylic acid groups (broad SMARTS) is 1. The summed E-state index contributed by atoms with van der Waals surface area (Å²) in [4.78, 5) is 22.8. The number of carbonyl (C=O) groups excluding carboxylic acids is 1. The topological polar surface area (TPSA) is 66.4 Å². The maximum atomic E-state index is 11.7. The lowest BCUT2D eigenvalue weighted by Gasteiger charge is -2.01. The number of hydrogen-bond donors (Lipinski definition) is 2. The highest BCUT2D eigenvalue weighted by atomic mass is 32.2. The molecule has 0 unspecified atom stereocenters. The van der Waals surface area contributed by atoms with Crippen LogP contribution in [0.3, 0.4) is 0 Å². The highest BCUT2D eigenvalue weighted by molar-refractivity contribution is 7.98. The van der Waals surface area contributed by atoms with Crippen molar-refractivity contribution in [3.05, 3.63) is 28.0 Å². The van der Waals surface area contributed by atoms with E-state index < -0.39 is 5.97 Å². The number of nitrogens with one attached hydrogen (secondary N) is 1. The zero-order chi connectivity index (χ0) is 13.4. The molecule has 0 spiro atoms. The first kappa shape index (κ1) is 14.8. The van der Waals surface area contributed by atoms with Crippen LogP contribution in [0.25, 0.3) is 6.08 Å². The molecule has 18 heavy (non-hydrogen) atoms. The van der Waals surface area contributed by atoms with Gasteiger partial charge >= 0.3 is 5.97 Å². The highest BCUT2D eigenvalue weighted by Gasteiger charge is 2.06. The van der Waals surface area contributed by atoms with Crippen LogP contribution in [-0.2, 0) is 4.79 Å². The molecule has 2 N–H and O–H groups in total. The molecule has 0 aliphatic carbocycles. The van der Waals surface area contributed by atoms with E-state index in [-0.39, 0.29) is 5.91 Å². The Balaban J connectivity index is 2.46. The summed E-state index contributed by atoms with van der Waals surface area (Å²) in [5.74, 6) is -0.0786. The van der Waals surface area contributed by atoms with Gasteiger partial charge in [0.15, 0.2) is 0 Å². The Hall–Kier alpha value is -1.27. The number of carboxylic acids is 1. The minimum absolute atomic E-state index is 0.109. The zero-order valence-electron chi connectivity index (χ0n) is 10.0. The Labute approximate surface area is 114 Å². The quantitative estimate of drug-likeness (QED) is 0.596. The third-order valence-corrected chi connectivity index (χ3v) is 3.68. The summed E-state index contributed by atoms with van der Waals surface area (Å²) in [6.45, 7) is 0.663. The van der Waals surface area contributed by atoms with Gasteiger partial charge in [0, 0.05) is 22.9 Å². The summed E-state index contributed by atoms with van der Waals surface area (Å²) in [6.07, 6.45) is 5.52. The van der Waals surface area contributed by atoms with E-state index in [1.54, 1.807) is 23.2 Å². The molecular weight excluding hydrogens is 270 g/mol. The number of amides is 1. The van der Waals surface area contributed by atoms with Crippen LogP contribution in [0.15, 0.2) is 17.5 Å². The summed E-state index contributed by atoms with van der Waals surface area (Å²) in [5, 5.41) is 13.0. The Bertz CT molecular complexity index is 440. The molecule has 0 atom stereocenters. The van der Waals surface area contributed by atoms with Gasteiger partial charge in [-0.3, -0.25) is 4.79 Å². The van der Waals surface area contributed by atoms with Crippen LogP contribution in [0.5, 0.6) is 0 Å². The number of thiophene rings is 1. The van der Waals surface area contributed by atoms with Crippen molar-refractivity contribution in [3.63, 3.8) is 0 Å². The second kappa shape index (κ2) is 7.94. The molecule has 0 bridgehead atoms. The molecule has 0 aromatic carbocycles. The Kier molecular flexibility index (Phi) is 6.53. The lowest BCUT2D eigenvalue weighted by molar-refractivity contribution is -0.131. The molecule has 1 aromatic heterocycles. The number of rotatable bonds is 7. The molecule has 0 aliphatic heterocycles. The molecule has 1 aromatic rings. The SMILES string of the molecule is CSCCCNC(=O)c1csc(C=CC(=O)O)c1. The van der Waals surface area contributed by atoms with Crippen molar-refractivity contribution < 1.29 is 14.7 Å². The number of carbonyl (C=O) groups is 2. The third-order valence-electron chi connectivity index (χ3n) is 2.08. The Morgan fingerprint density at radius 1 is 1.56 bits per heavy atom. The molecule has 4 nitrogen and oxygen atoms in total. The van der Waals surface area contributed by atoms with Crippen LogP contribution >= 0.6 is 23.1 Å². The van der Waals surface area contributed by atoms with E-state index in [2.05, 4.69) is 5.32 Å². The molecule has 1 rings (SSSR count). The summed E-state index contributed by atoms with van der Waals surface area (Å²) in [7, 11) is 0. The van der Waals surface area contributed by atoms with Crippen LogP contribution in [0.4, 0.5) is 0 Å². The van der Waals surface area contributed by atoms with Gasteiger partial charge in [-0.25, -0.2) is 4.79 Å². The normalized spacial score (nSPS) is 10.7. The first-order chi connectivity index (χ1) is 8.63. The van der Waals surface area contributed by atoms with E-state index >= 15 is 0 Å². The lowest BCUT2D eigenvalue weighted by atomic mass is 10.3. The van der Waals surface area contributed by atoms with E-state index in [0.29, 0.717) is 12.1 Å². The van der Waals surface area contributed by atoms with Crippen molar-refractivity contribution >= 4 is 41.1 Å². The van der Waals surface area contributed by atoms with Crippen molar-refractivity contribution in [2.24, 2.45) is 0 Å². The first-order valence-electron chi connectivity index (χ1n) is 5.40. The molecule has 1 heterocycles. The van der Waals surface area contributed by atoms with Crippen LogP contribution in [0.2, 0.25) is 0 Å². The fraction of sp³-hybridized carbons (Fsp3) is 0.333. The highest BCUT2D eigenvalue weighted by Crippen LogP contribution is 2.16. The largest absolute Gasteiger partial charge is 0.478 e. The summed E-state index contributed by atoms with van der Waals surface area (Å²) in [5.41, 5.74) is 0.578. The molecule has 0 saturated heterocycles. The van der Waals surface area contributed by atoms with Crippen molar-refractivity contribution in [1.29, 1.82) is 0 Å². The summed E-state index contributed by atoms with van der Waals surface area (Å²) in [6, 6.07) is 1.69. The summed E-state index contributed by atoms with van der Waals surface area (Å²) < 4.78 is 0. The predicted octanol–water partition coefficient (Wildman–Crippen LogP) is 2.33.